The Morgan fingerprint density at radius 2 is 2.10 bits per heavy atom. The number of carbonyl (C=O) groups is 1. The Labute approximate surface area is 115 Å². The van der Waals surface area contributed by atoms with Crippen LogP contribution in [0.3, 0.4) is 0 Å². The standard InChI is InChI=1S/C15H12N2O3/c18-9-3-4-11-7-8-16-14(10-11)17-15(20)12-5-1-2-6-13(12)19/h1-2,5-8,10,18-19H,9H2,(H,16,17,20). The van der Waals surface area contributed by atoms with Crippen molar-refractivity contribution >= 4 is 11.7 Å². The van der Waals surface area contributed by atoms with Crippen molar-refractivity contribution in [2.45, 2.75) is 0 Å². The molecular weight excluding hydrogens is 256 g/mol. The third-order valence-electron chi connectivity index (χ3n) is 2.46. The monoisotopic (exact) mass is 268 g/mol. The first-order valence-electron chi connectivity index (χ1n) is 5.86. The summed E-state index contributed by atoms with van der Waals surface area (Å²) in [6.07, 6.45) is 1.50. The van der Waals surface area contributed by atoms with E-state index in [1.165, 1.54) is 18.3 Å². The molecule has 0 saturated carbocycles. The number of anilines is 1. The number of nitrogens with zero attached hydrogens (tertiary/aromatic N) is 1. The van der Waals surface area contributed by atoms with Crippen LogP contribution in [0.5, 0.6) is 5.75 Å². The highest BCUT2D eigenvalue weighted by molar-refractivity contribution is 6.05. The summed E-state index contributed by atoms with van der Waals surface area (Å²) in [4.78, 5) is 16.0. The molecule has 2 aromatic rings. The summed E-state index contributed by atoms with van der Waals surface area (Å²) in [7, 11) is 0. The lowest BCUT2D eigenvalue weighted by Crippen LogP contribution is -2.13. The van der Waals surface area contributed by atoms with Gasteiger partial charge in [-0.1, -0.05) is 24.0 Å². The van der Waals surface area contributed by atoms with Gasteiger partial charge in [0.05, 0.1) is 5.56 Å². The quantitative estimate of drug-likeness (QED) is 0.719. The van der Waals surface area contributed by atoms with Gasteiger partial charge in [0, 0.05) is 11.8 Å². The third kappa shape index (κ3) is 3.34. The van der Waals surface area contributed by atoms with Crippen LogP contribution in [0.4, 0.5) is 5.82 Å². The van der Waals surface area contributed by atoms with Crippen LogP contribution in [0.15, 0.2) is 42.6 Å². The Morgan fingerprint density at radius 1 is 1.30 bits per heavy atom. The fraction of sp³-hybridized carbons (Fsp3) is 0.0667. The molecule has 0 radical (unpaired) electrons. The lowest BCUT2D eigenvalue weighted by Gasteiger charge is -2.06. The molecule has 0 spiro atoms. The fourth-order valence-electron chi connectivity index (χ4n) is 1.57. The molecule has 100 valence electrons. The van der Waals surface area contributed by atoms with Gasteiger partial charge in [-0.25, -0.2) is 4.98 Å². The average molecular weight is 268 g/mol. The number of phenolic OH excluding ortho intramolecular Hbond substituents is 1. The predicted molar refractivity (Wildman–Crippen MR) is 74.3 cm³/mol. The number of aromatic hydroxyl groups is 1. The second kappa shape index (κ2) is 6.36. The zero-order valence-electron chi connectivity index (χ0n) is 10.5. The van der Waals surface area contributed by atoms with Crippen molar-refractivity contribution < 1.29 is 15.0 Å². The van der Waals surface area contributed by atoms with Gasteiger partial charge in [0.25, 0.3) is 5.91 Å². The van der Waals surface area contributed by atoms with E-state index < -0.39 is 5.91 Å². The number of aromatic nitrogens is 1. The molecule has 0 bridgehead atoms. The van der Waals surface area contributed by atoms with Crippen molar-refractivity contribution in [3.63, 3.8) is 0 Å². The maximum atomic E-state index is 12.0. The van der Waals surface area contributed by atoms with Crippen LogP contribution in [0, 0.1) is 11.8 Å². The second-order valence-corrected chi connectivity index (χ2v) is 3.86. The number of benzene rings is 1. The molecule has 20 heavy (non-hydrogen) atoms. The Morgan fingerprint density at radius 3 is 2.85 bits per heavy atom. The van der Waals surface area contributed by atoms with E-state index in [1.54, 1.807) is 24.3 Å². The highest BCUT2D eigenvalue weighted by Crippen LogP contribution is 2.17. The first-order chi connectivity index (χ1) is 9.70. The number of aliphatic hydroxyl groups excluding tert-OH is 1. The molecule has 0 unspecified atom stereocenters. The van der Waals surface area contributed by atoms with E-state index in [0.29, 0.717) is 11.4 Å². The molecule has 0 fully saturated rings. The number of para-hydroxylation sites is 1. The van der Waals surface area contributed by atoms with E-state index in [1.807, 2.05) is 0 Å². The molecule has 5 heteroatoms. The molecule has 1 amide bonds. The number of hydrogen-bond acceptors (Lipinski definition) is 4. The zero-order chi connectivity index (χ0) is 14.4. The first kappa shape index (κ1) is 13.6. The van der Waals surface area contributed by atoms with Gasteiger partial charge >= 0.3 is 0 Å². The summed E-state index contributed by atoms with van der Waals surface area (Å²) in [5, 5.41) is 20.8. The summed E-state index contributed by atoms with van der Waals surface area (Å²) in [5.41, 5.74) is 0.794. The van der Waals surface area contributed by atoms with Crippen molar-refractivity contribution in [3.8, 4) is 17.6 Å². The summed E-state index contributed by atoms with van der Waals surface area (Å²) in [6.45, 7) is -0.234. The van der Waals surface area contributed by atoms with Gasteiger partial charge in [0.1, 0.15) is 18.2 Å². The maximum Gasteiger partial charge on any atom is 0.260 e. The van der Waals surface area contributed by atoms with E-state index >= 15 is 0 Å². The topological polar surface area (TPSA) is 82.5 Å². The van der Waals surface area contributed by atoms with E-state index in [4.69, 9.17) is 5.11 Å². The number of amides is 1. The Kier molecular flexibility index (Phi) is 4.32. The van der Waals surface area contributed by atoms with Gasteiger partial charge in [0.15, 0.2) is 0 Å². The number of hydrogen-bond donors (Lipinski definition) is 3. The van der Waals surface area contributed by atoms with E-state index in [2.05, 4.69) is 22.1 Å². The summed E-state index contributed by atoms with van der Waals surface area (Å²) in [6, 6.07) is 9.49. The lowest BCUT2D eigenvalue weighted by molar-refractivity contribution is 0.102. The predicted octanol–water partition coefficient (Wildman–Crippen LogP) is 1.38. The van der Waals surface area contributed by atoms with E-state index in [9.17, 15) is 9.90 Å². The number of pyridine rings is 1. The molecule has 0 atom stereocenters. The molecule has 3 N–H and O–H groups in total. The van der Waals surface area contributed by atoms with Crippen LogP contribution in [0.25, 0.3) is 0 Å². The number of rotatable bonds is 2. The summed E-state index contributed by atoms with van der Waals surface area (Å²) >= 11 is 0. The molecule has 1 heterocycles. The van der Waals surface area contributed by atoms with Gasteiger partial charge in [-0.05, 0) is 24.3 Å². The molecule has 5 nitrogen and oxygen atoms in total. The normalized spacial score (nSPS) is 9.45. The van der Waals surface area contributed by atoms with Gasteiger partial charge in [-0.3, -0.25) is 4.79 Å². The second-order valence-electron chi connectivity index (χ2n) is 3.86. The van der Waals surface area contributed by atoms with Gasteiger partial charge < -0.3 is 15.5 Å². The molecule has 0 aliphatic heterocycles. The molecule has 0 aliphatic rings. The van der Waals surface area contributed by atoms with Crippen molar-refractivity contribution in [1.82, 2.24) is 4.98 Å². The van der Waals surface area contributed by atoms with Gasteiger partial charge in [0.2, 0.25) is 0 Å². The molecule has 1 aromatic heterocycles. The molecular formula is C15H12N2O3. The van der Waals surface area contributed by atoms with Crippen molar-refractivity contribution in [1.29, 1.82) is 0 Å². The minimum atomic E-state index is -0.456. The Hall–Kier alpha value is -2.84. The van der Waals surface area contributed by atoms with E-state index in [0.717, 1.165) is 0 Å². The Balaban J connectivity index is 2.18. The minimum absolute atomic E-state index is 0.0961. The number of carbonyl (C=O) groups excluding carboxylic acids is 1. The van der Waals surface area contributed by atoms with Crippen LogP contribution in [-0.2, 0) is 0 Å². The summed E-state index contributed by atoms with van der Waals surface area (Å²) < 4.78 is 0. The highest BCUT2D eigenvalue weighted by atomic mass is 16.3. The van der Waals surface area contributed by atoms with E-state index in [-0.39, 0.29) is 17.9 Å². The number of nitrogens with one attached hydrogen (secondary N) is 1. The van der Waals surface area contributed by atoms with Crippen LogP contribution < -0.4 is 5.32 Å². The largest absolute Gasteiger partial charge is 0.507 e. The highest BCUT2D eigenvalue weighted by Gasteiger charge is 2.10. The number of aliphatic hydroxyl groups is 1. The van der Waals surface area contributed by atoms with Gasteiger partial charge in [-0.2, -0.15) is 0 Å². The average Bonchev–Trinajstić information content (AvgIpc) is 2.46. The number of phenols is 1. The Bertz CT molecular complexity index is 687. The van der Waals surface area contributed by atoms with Crippen LogP contribution in [0.1, 0.15) is 15.9 Å². The minimum Gasteiger partial charge on any atom is -0.507 e. The molecule has 1 aromatic carbocycles. The van der Waals surface area contributed by atoms with Crippen molar-refractivity contribution in [3.05, 3.63) is 53.7 Å². The SMILES string of the molecule is O=C(Nc1cc(C#CCO)ccn1)c1ccccc1O. The van der Waals surface area contributed by atoms with Crippen LogP contribution in [0.2, 0.25) is 0 Å². The van der Waals surface area contributed by atoms with Crippen molar-refractivity contribution in [2.75, 3.05) is 11.9 Å². The van der Waals surface area contributed by atoms with Crippen molar-refractivity contribution in [2.24, 2.45) is 0 Å². The molecule has 0 aliphatic carbocycles. The van der Waals surface area contributed by atoms with Crippen LogP contribution in [-0.4, -0.2) is 27.7 Å². The molecule has 0 saturated heterocycles. The zero-order valence-corrected chi connectivity index (χ0v) is 10.5. The van der Waals surface area contributed by atoms with Gasteiger partial charge in [-0.15, -0.1) is 0 Å². The fourth-order valence-corrected chi connectivity index (χ4v) is 1.57. The summed E-state index contributed by atoms with van der Waals surface area (Å²) in [5.74, 6) is 5.00. The first-order valence-corrected chi connectivity index (χ1v) is 5.86. The molecule has 2 rings (SSSR count). The van der Waals surface area contributed by atoms with Crippen LogP contribution >= 0.6 is 0 Å². The smallest absolute Gasteiger partial charge is 0.260 e. The maximum absolute atomic E-state index is 12.0. The lowest BCUT2D eigenvalue weighted by atomic mass is 10.2. The third-order valence-corrected chi connectivity index (χ3v) is 2.46.